The molecular weight excluding hydrogens is 194 g/mol. The average molecular weight is 210 g/mol. The fourth-order valence-electron chi connectivity index (χ4n) is 2.23. The molecule has 76 valence electrons. The number of aromatic nitrogens is 1. The van der Waals surface area contributed by atoms with Gasteiger partial charge >= 0.3 is 0 Å². The van der Waals surface area contributed by atoms with Crippen LogP contribution < -0.4 is 0 Å². The Bertz CT molecular complexity index is 267. The second-order valence-electron chi connectivity index (χ2n) is 4.12. The summed E-state index contributed by atoms with van der Waals surface area (Å²) in [6.45, 7) is 0. The third-order valence-corrected chi connectivity index (χ3v) is 3.60. The Morgan fingerprint density at radius 2 is 1.93 bits per heavy atom. The number of pyridine rings is 1. The SMILES string of the molecule is ClC(Cc1ccncc1)C1CCCC1. The van der Waals surface area contributed by atoms with E-state index in [9.17, 15) is 0 Å². The first-order chi connectivity index (χ1) is 6.86. The molecule has 1 saturated carbocycles. The van der Waals surface area contributed by atoms with Crippen LogP contribution in [-0.4, -0.2) is 10.4 Å². The van der Waals surface area contributed by atoms with Gasteiger partial charge < -0.3 is 0 Å². The van der Waals surface area contributed by atoms with Crippen LogP contribution >= 0.6 is 11.6 Å². The summed E-state index contributed by atoms with van der Waals surface area (Å²) in [6.07, 6.45) is 10.0. The summed E-state index contributed by atoms with van der Waals surface area (Å²) in [7, 11) is 0. The van der Waals surface area contributed by atoms with Crippen LogP contribution in [0, 0.1) is 5.92 Å². The Kier molecular flexibility index (Phi) is 3.41. The third-order valence-electron chi connectivity index (χ3n) is 3.09. The van der Waals surface area contributed by atoms with Crippen molar-refractivity contribution in [1.82, 2.24) is 4.98 Å². The van der Waals surface area contributed by atoms with Crippen LogP contribution in [0.4, 0.5) is 0 Å². The van der Waals surface area contributed by atoms with Crippen LogP contribution in [0.3, 0.4) is 0 Å². The lowest BCUT2D eigenvalue weighted by Crippen LogP contribution is -2.14. The number of halogens is 1. The van der Waals surface area contributed by atoms with Crippen molar-refractivity contribution in [2.75, 3.05) is 0 Å². The van der Waals surface area contributed by atoms with Gasteiger partial charge in [-0.15, -0.1) is 11.6 Å². The molecule has 2 heteroatoms. The van der Waals surface area contributed by atoms with Crippen molar-refractivity contribution in [3.63, 3.8) is 0 Å². The van der Waals surface area contributed by atoms with Gasteiger partial charge in [-0.2, -0.15) is 0 Å². The van der Waals surface area contributed by atoms with E-state index in [1.807, 2.05) is 12.4 Å². The van der Waals surface area contributed by atoms with Crippen LogP contribution in [0.5, 0.6) is 0 Å². The van der Waals surface area contributed by atoms with Crippen molar-refractivity contribution in [2.45, 2.75) is 37.5 Å². The van der Waals surface area contributed by atoms with Gasteiger partial charge in [-0.1, -0.05) is 12.8 Å². The highest BCUT2D eigenvalue weighted by Crippen LogP contribution is 2.31. The van der Waals surface area contributed by atoms with Crippen molar-refractivity contribution < 1.29 is 0 Å². The van der Waals surface area contributed by atoms with Gasteiger partial charge in [-0.25, -0.2) is 0 Å². The fourth-order valence-corrected chi connectivity index (χ4v) is 2.66. The molecule has 0 amide bonds. The largest absolute Gasteiger partial charge is 0.265 e. The Hall–Kier alpha value is -0.560. The van der Waals surface area contributed by atoms with Crippen molar-refractivity contribution in [3.05, 3.63) is 30.1 Å². The molecular formula is C12H16ClN. The van der Waals surface area contributed by atoms with E-state index in [1.165, 1.54) is 31.2 Å². The number of nitrogens with zero attached hydrogens (tertiary/aromatic N) is 1. The number of hydrogen-bond acceptors (Lipinski definition) is 1. The highest BCUT2D eigenvalue weighted by molar-refractivity contribution is 6.20. The molecule has 0 spiro atoms. The van der Waals surface area contributed by atoms with E-state index in [-0.39, 0.29) is 0 Å². The van der Waals surface area contributed by atoms with E-state index in [0.29, 0.717) is 5.38 Å². The zero-order chi connectivity index (χ0) is 9.80. The highest BCUT2D eigenvalue weighted by Gasteiger charge is 2.23. The molecule has 1 aliphatic carbocycles. The van der Waals surface area contributed by atoms with Crippen molar-refractivity contribution in [1.29, 1.82) is 0 Å². The summed E-state index contributed by atoms with van der Waals surface area (Å²) in [4.78, 5) is 4.01. The van der Waals surface area contributed by atoms with Crippen LogP contribution in [-0.2, 0) is 6.42 Å². The second-order valence-corrected chi connectivity index (χ2v) is 4.68. The number of alkyl halides is 1. The molecule has 1 heterocycles. The smallest absolute Gasteiger partial charge is 0.0404 e. The van der Waals surface area contributed by atoms with Crippen LogP contribution in [0.25, 0.3) is 0 Å². The molecule has 1 aromatic heterocycles. The molecule has 0 aliphatic heterocycles. The van der Waals surface area contributed by atoms with Gasteiger partial charge in [-0.05, 0) is 42.9 Å². The Morgan fingerprint density at radius 3 is 2.57 bits per heavy atom. The summed E-state index contributed by atoms with van der Waals surface area (Å²) in [5, 5.41) is 0.319. The average Bonchev–Trinajstić information content (AvgIpc) is 2.72. The van der Waals surface area contributed by atoms with Crippen molar-refractivity contribution >= 4 is 11.6 Å². The quantitative estimate of drug-likeness (QED) is 0.696. The minimum absolute atomic E-state index is 0.319. The molecule has 0 radical (unpaired) electrons. The van der Waals surface area contributed by atoms with Crippen LogP contribution in [0.15, 0.2) is 24.5 Å². The van der Waals surface area contributed by atoms with Crippen molar-refractivity contribution in [3.8, 4) is 0 Å². The maximum atomic E-state index is 6.40. The zero-order valence-corrected chi connectivity index (χ0v) is 9.08. The molecule has 0 bridgehead atoms. The molecule has 1 fully saturated rings. The zero-order valence-electron chi connectivity index (χ0n) is 8.32. The predicted octanol–water partition coefficient (Wildman–Crippen LogP) is 3.42. The van der Waals surface area contributed by atoms with Crippen molar-refractivity contribution in [2.24, 2.45) is 5.92 Å². The van der Waals surface area contributed by atoms with E-state index in [4.69, 9.17) is 11.6 Å². The lowest BCUT2D eigenvalue weighted by molar-refractivity contribution is 0.512. The fraction of sp³-hybridized carbons (Fsp3) is 0.583. The lowest BCUT2D eigenvalue weighted by Gasteiger charge is -2.16. The molecule has 1 unspecified atom stereocenters. The maximum absolute atomic E-state index is 6.40. The topological polar surface area (TPSA) is 12.9 Å². The summed E-state index contributed by atoms with van der Waals surface area (Å²) in [5.41, 5.74) is 1.31. The van der Waals surface area contributed by atoms with Gasteiger partial charge in [-0.3, -0.25) is 4.98 Å². The third kappa shape index (κ3) is 2.48. The summed E-state index contributed by atoms with van der Waals surface area (Å²) in [5.74, 6) is 0.741. The van der Waals surface area contributed by atoms with Gasteiger partial charge in [0, 0.05) is 17.8 Å². The Balaban J connectivity index is 1.90. The summed E-state index contributed by atoms with van der Waals surface area (Å²) >= 11 is 6.40. The first-order valence-electron chi connectivity index (χ1n) is 5.39. The van der Waals surface area contributed by atoms with E-state index in [2.05, 4.69) is 17.1 Å². The molecule has 1 aliphatic rings. The van der Waals surface area contributed by atoms with Gasteiger partial charge in [0.05, 0.1) is 0 Å². The van der Waals surface area contributed by atoms with Crippen LogP contribution in [0.1, 0.15) is 31.2 Å². The van der Waals surface area contributed by atoms with E-state index < -0.39 is 0 Å². The first-order valence-corrected chi connectivity index (χ1v) is 5.83. The van der Waals surface area contributed by atoms with Gasteiger partial charge in [0.15, 0.2) is 0 Å². The molecule has 1 atom stereocenters. The van der Waals surface area contributed by atoms with Gasteiger partial charge in [0.2, 0.25) is 0 Å². The predicted molar refractivity (Wildman–Crippen MR) is 59.5 cm³/mol. The van der Waals surface area contributed by atoms with Gasteiger partial charge in [0.25, 0.3) is 0 Å². The molecule has 2 rings (SSSR count). The number of hydrogen-bond donors (Lipinski definition) is 0. The van der Waals surface area contributed by atoms with E-state index in [1.54, 1.807) is 0 Å². The molecule has 14 heavy (non-hydrogen) atoms. The minimum atomic E-state index is 0.319. The second kappa shape index (κ2) is 4.79. The Morgan fingerprint density at radius 1 is 1.29 bits per heavy atom. The summed E-state index contributed by atoms with van der Waals surface area (Å²) < 4.78 is 0. The molecule has 0 N–H and O–H groups in total. The molecule has 1 aromatic rings. The lowest BCUT2D eigenvalue weighted by atomic mass is 9.98. The van der Waals surface area contributed by atoms with Gasteiger partial charge in [0.1, 0.15) is 0 Å². The van der Waals surface area contributed by atoms with E-state index in [0.717, 1.165) is 12.3 Å². The molecule has 0 aromatic carbocycles. The molecule has 1 nitrogen and oxygen atoms in total. The monoisotopic (exact) mass is 209 g/mol. The first kappa shape index (κ1) is 9.97. The normalized spacial score (nSPS) is 19.8. The Labute approximate surface area is 90.5 Å². The standard InChI is InChI=1S/C12H16ClN/c13-12(11-3-1-2-4-11)9-10-5-7-14-8-6-10/h5-8,11-12H,1-4,9H2. The van der Waals surface area contributed by atoms with E-state index >= 15 is 0 Å². The number of rotatable bonds is 3. The summed E-state index contributed by atoms with van der Waals surface area (Å²) in [6, 6.07) is 4.12. The minimum Gasteiger partial charge on any atom is -0.265 e. The van der Waals surface area contributed by atoms with Crippen LogP contribution in [0.2, 0.25) is 0 Å². The maximum Gasteiger partial charge on any atom is 0.0404 e. The highest BCUT2D eigenvalue weighted by atomic mass is 35.5. The molecule has 0 saturated heterocycles.